The molecule has 2 aliphatic rings. The number of hydrogen-bond donors (Lipinski definition) is 0. The Morgan fingerprint density at radius 1 is 1.10 bits per heavy atom. The van der Waals surface area contributed by atoms with Gasteiger partial charge in [-0.2, -0.15) is 4.31 Å². The van der Waals surface area contributed by atoms with Crippen molar-refractivity contribution in [3.8, 4) is 0 Å². The minimum Gasteiger partial charge on any atom is -0.375 e. The van der Waals surface area contributed by atoms with Crippen molar-refractivity contribution >= 4 is 10.0 Å². The smallest absolute Gasteiger partial charge is 0.246 e. The van der Waals surface area contributed by atoms with Gasteiger partial charge in [-0.25, -0.2) is 21.6 Å². The van der Waals surface area contributed by atoms with Crippen LogP contribution >= 0.6 is 0 Å². The Labute approximate surface area is 120 Å². The molecule has 0 N–H and O–H groups in total. The molecule has 1 aliphatic carbocycles. The highest BCUT2D eigenvalue weighted by molar-refractivity contribution is 7.89. The number of halogens is 3. The summed E-state index contributed by atoms with van der Waals surface area (Å²) in [7, 11) is -4.20. The summed E-state index contributed by atoms with van der Waals surface area (Å²) in [5, 5.41) is 0. The van der Waals surface area contributed by atoms with Gasteiger partial charge in [-0.1, -0.05) is 0 Å². The molecule has 1 aromatic carbocycles. The largest absolute Gasteiger partial charge is 0.375 e. The Balaban J connectivity index is 1.90. The van der Waals surface area contributed by atoms with Crippen LogP contribution in [0.15, 0.2) is 17.0 Å². The van der Waals surface area contributed by atoms with E-state index in [1.807, 2.05) is 0 Å². The van der Waals surface area contributed by atoms with E-state index in [0.29, 0.717) is 12.0 Å². The first-order chi connectivity index (χ1) is 9.89. The topological polar surface area (TPSA) is 46.6 Å². The summed E-state index contributed by atoms with van der Waals surface area (Å²) in [6.07, 6.45) is 1.76. The van der Waals surface area contributed by atoms with Gasteiger partial charge in [0.15, 0.2) is 11.6 Å². The van der Waals surface area contributed by atoms with E-state index in [-0.39, 0.29) is 31.9 Å². The van der Waals surface area contributed by atoms with Crippen molar-refractivity contribution in [2.45, 2.75) is 23.8 Å². The maximum atomic E-state index is 13.7. The molecule has 1 aromatic rings. The number of nitrogens with zero attached hydrogens (tertiary/aromatic N) is 1. The fourth-order valence-corrected chi connectivity index (χ4v) is 3.96. The third kappa shape index (κ3) is 2.79. The van der Waals surface area contributed by atoms with Crippen molar-refractivity contribution in [2.75, 3.05) is 19.7 Å². The van der Waals surface area contributed by atoms with Crippen molar-refractivity contribution in [3.05, 3.63) is 29.6 Å². The number of hydrogen-bond acceptors (Lipinski definition) is 3. The molecule has 116 valence electrons. The van der Waals surface area contributed by atoms with E-state index in [0.717, 1.165) is 17.1 Å². The van der Waals surface area contributed by atoms with Crippen LogP contribution in [-0.2, 0) is 14.8 Å². The number of morpholine rings is 1. The summed E-state index contributed by atoms with van der Waals surface area (Å²) >= 11 is 0. The average molecular weight is 321 g/mol. The molecule has 1 aliphatic heterocycles. The third-order valence-electron chi connectivity index (χ3n) is 3.80. The maximum Gasteiger partial charge on any atom is 0.246 e. The Hall–Kier alpha value is -1.12. The third-order valence-corrected chi connectivity index (χ3v) is 5.68. The van der Waals surface area contributed by atoms with Gasteiger partial charge in [-0.05, 0) is 24.8 Å². The van der Waals surface area contributed by atoms with Crippen molar-refractivity contribution in [1.29, 1.82) is 0 Å². The van der Waals surface area contributed by atoms with Crippen molar-refractivity contribution in [1.82, 2.24) is 4.31 Å². The van der Waals surface area contributed by atoms with Crippen LogP contribution < -0.4 is 0 Å². The number of rotatable bonds is 3. The quantitative estimate of drug-likeness (QED) is 0.799. The lowest BCUT2D eigenvalue weighted by Gasteiger charge is -2.32. The molecule has 21 heavy (non-hydrogen) atoms. The molecule has 0 unspecified atom stereocenters. The van der Waals surface area contributed by atoms with E-state index in [1.54, 1.807) is 0 Å². The molecule has 8 heteroatoms. The van der Waals surface area contributed by atoms with Gasteiger partial charge in [-0.15, -0.1) is 0 Å². The summed E-state index contributed by atoms with van der Waals surface area (Å²) < 4.78 is 71.2. The number of sulfonamides is 1. The Morgan fingerprint density at radius 2 is 1.76 bits per heavy atom. The zero-order chi connectivity index (χ0) is 15.2. The van der Waals surface area contributed by atoms with Gasteiger partial charge in [0, 0.05) is 19.2 Å². The van der Waals surface area contributed by atoms with E-state index in [9.17, 15) is 21.6 Å². The second kappa shape index (κ2) is 5.26. The van der Waals surface area contributed by atoms with Crippen molar-refractivity contribution < 1.29 is 26.3 Å². The van der Waals surface area contributed by atoms with E-state index in [2.05, 4.69) is 0 Å². The van der Waals surface area contributed by atoms with Gasteiger partial charge in [0.1, 0.15) is 10.7 Å². The zero-order valence-corrected chi connectivity index (χ0v) is 11.9. The van der Waals surface area contributed by atoms with E-state index >= 15 is 0 Å². The molecular weight excluding hydrogens is 307 g/mol. The van der Waals surface area contributed by atoms with Gasteiger partial charge in [-0.3, -0.25) is 0 Å². The SMILES string of the molecule is O=S(=O)(c1cc(F)c(F)cc1F)N1CCO[C@H](C2CC2)C1. The van der Waals surface area contributed by atoms with E-state index in [1.165, 1.54) is 0 Å². The van der Waals surface area contributed by atoms with Gasteiger partial charge < -0.3 is 4.74 Å². The molecular formula is C13H14F3NO3S. The Kier molecular flexibility index (Phi) is 3.71. The van der Waals surface area contributed by atoms with Crippen molar-refractivity contribution in [2.24, 2.45) is 5.92 Å². The summed E-state index contributed by atoms with van der Waals surface area (Å²) in [5.41, 5.74) is 0. The number of benzene rings is 1. The van der Waals surface area contributed by atoms with Gasteiger partial charge >= 0.3 is 0 Å². The average Bonchev–Trinajstić information content (AvgIpc) is 3.27. The standard InChI is InChI=1S/C13H14F3NO3S/c14-9-5-11(16)13(6-10(9)15)21(18,19)17-3-4-20-12(7-17)8-1-2-8/h5-6,8,12H,1-4,7H2/t12-/m0/s1. The van der Waals surface area contributed by atoms with Gasteiger partial charge in [0.2, 0.25) is 10.0 Å². The highest BCUT2D eigenvalue weighted by atomic mass is 32.2. The van der Waals surface area contributed by atoms with Crippen molar-refractivity contribution in [3.63, 3.8) is 0 Å². The molecule has 0 aromatic heterocycles. The first-order valence-corrected chi connectivity index (χ1v) is 8.10. The summed E-state index contributed by atoms with van der Waals surface area (Å²) in [5.74, 6) is -3.76. The van der Waals surface area contributed by atoms with Crippen LogP contribution in [0, 0.1) is 23.4 Å². The lowest BCUT2D eigenvalue weighted by molar-refractivity contribution is -0.0135. The highest BCUT2D eigenvalue weighted by Crippen LogP contribution is 2.36. The Bertz CT molecular complexity index is 661. The first kappa shape index (κ1) is 14.8. The van der Waals surface area contributed by atoms with Crippen LogP contribution in [0.2, 0.25) is 0 Å². The maximum absolute atomic E-state index is 13.7. The van der Waals surface area contributed by atoms with Crippen LogP contribution in [0.5, 0.6) is 0 Å². The molecule has 2 fully saturated rings. The van der Waals surface area contributed by atoms with Gasteiger partial charge in [0.25, 0.3) is 0 Å². The normalized spacial score (nSPS) is 24.2. The molecule has 1 heterocycles. The monoisotopic (exact) mass is 321 g/mol. The summed E-state index contributed by atoms with van der Waals surface area (Å²) in [6, 6.07) is 0.641. The molecule has 0 amide bonds. The second-order valence-electron chi connectivity index (χ2n) is 5.31. The fraction of sp³-hybridized carbons (Fsp3) is 0.538. The highest BCUT2D eigenvalue weighted by Gasteiger charge is 2.39. The minimum atomic E-state index is -4.20. The molecule has 0 bridgehead atoms. The lowest BCUT2D eigenvalue weighted by atomic mass is 10.2. The molecule has 4 nitrogen and oxygen atoms in total. The predicted octanol–water partition coefficient (Wildman–Crippen LogP) is 1.90. The molecule has 3 rings (SSSR count). The molecule has 1 saturated heterocycles. The fourth-order valence-electron chi connectivity index (χ4n) is 2.46. The molecule has 1 saturated carbocycles. The Morgan fingerprint density at radius 3 is 2.43 bits per heavy atom. The predicted molar refractivity (Wildman–Crippen MR) is 67.5 cm³/mol. The summed E-state index contributed by atoms with van der Waals surface area (Å²) in [6.45, 7) is 0.404. The summed E-state index contributed by atoms with van der Waals surface area (Å²) in [4.78, 5) is -0.835. The van der Waals surface area contributed by atoms with Crippen LogP contribution in [0.4, 0.5) is 13.2 Å². The molecule has 1 atom stereocenters. The van der Waals surface area contributed by atoms with Gasteiger partial charge in [0.05, 0.1) is 12.7 Å². The second-order valence-corrected chi connectivity index (χ2v) is 7.21. The van der Waals surface area contributed by atoms with Crippen LogP contribution in [0.25, 0.3) is 0 Å². The van der Waals surface area contributed by atoms with Crippen LogP contribution in [0.1, 0.15) is 12.8 Å². The van der Waals surface area contributed by atoms with E-state index < -0.39 is 32.4 Å². The first-order valence-electron chi connectivity index (χ1n) is 6.66. The van der Waals surface area contributed by atoms with Crippen LogP contribution in [-0.4, -0.2) is 38.5 Å². The zero-order valence-electron chi connectivity index (χ0n) is 11.1. The lowest BCUT2D eigenvalue weighted by Crippen LogP contribution is -2.46. The molecule has 0 spiro atoms. The van der Waals surface area contributed by atoms with E-state index in [4.69, 9.17) is 4.74 Å². The minimum absolute atomic E-state index is 0.0734. The number of ether oxygens (including phenoxy) is 1. The molecule has 0 radical (unpaired) electrons. The van der Waals surface area contributed by atoms with Crippen LogP contribution in [0.3, 0.4) is 0 Å².